The van der Waals surface area contributed by atoms with Crippen LogP contribution >= 0.6 is 0 Å². The van der Waals surface area contributed by atoms with E-state index in [9.17, 15) is 28.1 Å². The quantitative estimate of drug-likeness (QED) is 0.487. The third kappa shape index (κ3) is 5.41. The molecule has 182 valence electrons. The molecular formula is C23H26F3N5O3. The molecule has 0 N–H and O–H groups in total. The zero-order chi connectivity index (χ0) is 24.3. The topological polar surface area (TPSA) is 73.2 Å². The van der Waals surface area contributed by atoms with E-state index in [4.69, 9.17) is 0 Å². The van der Waals surface area contributed by atoms with Crippen LogP contribution in [0.5, 0.6) is 0 Å². The van der Waals surface area contributed by atoms with Crippen molar-refractivity contribution in [1.82, 2.24) is 9.80 Å². The van der Waals surface area contributed by atoms with Crippen LogP contribution in [0.2, 0.25) is 0 Å². The summed E-state index contributed by atoms with van der Waals surface area (Å²) in [6.45, 7) is 4.84. The van der Waals surface area contributed by atoms with Crippen LogP contribution in [-0.4, -0.2) is 79.5 Å². The smallest absolute Gasteiger partial charge is 0.368 e. The molecule has 2 aromatic carbocycles. The summed E-state index contributed by atoms with van der Waals surface area (Å²) in [6.07, 6.45) is -4.64. The standard InChI is InChI=1S/C23H26F3N5O3/c24-23(25,26)18-6-7-20(21(16-18)31(33)34)29-10-8-27(9-11-29)17-22(32)30-14-12-28(13-15-30)19-4-2-1-3-5-19/h1-7,16H,8-15,17H2. The lowest BCUT2D eigenvalue weighted by molar-refractivity contribution is -0.384. The fourth-order valence-corrected chi connectivity index (χ4v) is 4.40. The van der Waals surface area contributed by atoms with Crippen LogP contribution in [0.3, 0.4) is 0 Å². The third-order valence-electron chi connectivity index (χ3n) is 6.32. The number of nitrogens with zero attached hydrogens (tertiary/aromatic N) is 5. The molecule has 0 saturated carbocycles. The molecule has 0 aliphatic carbocycles. The van der Waals surface area contributed by atoms with Crippen molar-refractivity contribution < 1.29 is 22.9 Å². The molecule has 11 heteroatoms. The second-order valence-electron chi connectivity index (χ2n) is 8.42. The maximum atomic E-state index is 13.0. The molecular weight excluding hydrogens is 451 g/mol. The largest absolute Gasteiger partial charge is 0.416 e. The Morgan fingerprint density at radius 3 is 2.09 bits per heavy atom. The van der Waals surface area contributed by atoms with Gasteiger partial charge < -0.3 is 14.7 Å². The van der Waals surface area contributed by atoms with E-state index in [2.05, 4.69) is 17.0 Å². The van der Waals surface area contributed by atoms with E-state index in [-0.39, 0.29) is 18.1 Å². The van der Waals surface area contributed by atoms with Gasteiger partial charge in [-0.05, 0) is 24.3 Å². The molecule has 4 rings (SSSR count). The van der Waals surface area contributed by atoms with Gasteiger partial charge in [-0.1, -0.05) is 18.2 Å². The number of para-hydroxylation sites is 1. The van der Waals surface area contributed by atoms with Crippen molar-refractivity contribution in [3.8, 4) is 0 Å². The molecule has 0 unspecified atom stereocenters. The molecule has 2 aromatic rings. The summed E-state index contributed by atoms with van der Waals surface area (Å²) < 4.78 is 38.9. The highest BCUT2D eigenvalue weighted by Crippen LogP contribution is 2.36. The Morgan fingerprint density at radius 2 is 1.50 bits per heavy atom. The number of hydrogen-bond acceptors (Lipinski definition) is 6. The molecule has 2 aliphatic rings. The monoisotopic (exact) mass is 477 g/mol. The molecule has 2 saturated heterocycles. The first-order valence-electron chi connectivity index (χ1n) is 11.1. The number of benzene rings is 2. The molecule has 8 nitrogen and oxygen atoms in total. The molecule has 2 aliphatic heterocycles. The molecule has 2 heterocycles. The van der Waals surface area contributed by atoms with Gasteiger partial charge in [-0.3, -0.25) is 19.8 Å². The molecule has 0 bridgehead atoms. The fourth-order valence-electron chi connectivity index (χ4n) is 4.40. The Kier molecular flexibility index (Phi) is 6.92. The summed E-state index contributed by atoms with van der Waals surface area (Å²) in [5.74, 6) is 0.0432. The Morgan fingerprint density at radius 1 is 0.882 bits per heavy atom. The summed E-state index contributed by atoms with van der Waals surface area (Å²) in [4.78, 5) is 31.2. The van der Waals surface area contributed by atoms with Gasteiger partial charge in [0.2, 0.25) is 5.91 Å². The van der Waals surface area contributed by atoms with E-state index in [1.807, 2.05) is 28.0 Å². The number of amides is 1. The lowest BCUT2D eigenvalue weighted by Gasteiger charge is -2.39. The highest BCUT2D eigenvalue weighted by atomic mass is 19.4. The SMILES string of the molecule is O=C(CN1CCN(c2ccc(C(F)(F)F)cc2[N+](=O)[O-])CC1)N1CCN(c2ccccc2)CC1. The second kappa shape index (κ2) is 9.88. The minimum absolute atomic E-state index is 0.0432. The second-order valence-corrected chi connectivity index (χ2v) is 8.42. The number of nitro groups is 1. The third-order valence-corrected chi connectivity index (χ3v) is 6.32. The predicted molar refractivity (Wildman–Crippen MR) is 122 cm³/mol. The van der Waals surface area contributed by atoms with Crippen molar-refractivity contribution in [1.29, 1.82) is 0 Å². The van der Waals surface area contributed by atoms with Crippen LogP contribution < -0.4 is 9.80 Å². The van der Waals surface area contributed by atoms with Gasteiger partial charge >= 0.3 is 6.18 Å². The van der Waals surface area contributed by atoms with Crippen LogP contribution in [0, 0.1) is 10.1 Å². The number of carbonyl (C=O) groups excluding carboxylic acids is 1. The summed E-state index contributed by atoms with van der Waals surface area (Å²) in [5.41, 5.74) is -0.292. The minimum atomic E-state index is -4.64. The molecule has 2 fully saturated rings. The van der Waals surface area contributed by atoms with Gasteiger partial charge in [0.15, 0.2) is 0 Å². The van der Waals surface area contributed by atoms with Gasteiger partial charge in [-0.2, -0.15) is 13.2 Å². The molecule has 0 radical (unpaired) electrons. The molecule has 0 spiro atoms. The van der Waals surface area contributed by atoms with E-state index in [1.165, 1.54) is 0 Å². The van der Waals surface area contributed by atoms with Crippen LogP contribution in [0.15, 0.2) is 48.5 Å². The highest BCUT2D eigenvalue weighted by molar-refractivity contribution is 5.78. The van der Waals surface area contributed by atoms with Crippen molar-refractivity contribution in [2.24, 2.45) is 0 Å². The van der Waals surface area contributed by atoms with Gasteiger partial charge in [0.05, 0.1) is 17.0 Å². The molecule has 0 atom stereocenters. The first-order valence-corrected chi connectivity index (χ1v) is 11.1. The molecule has 1 amide bonds. The number of anilines is 2. The van der Waals surface area contributed by atoms with E-state index >= 15 is 0 Å². The first kappa shape index (κ1) is 23.8. The average molecular weight is 477 g/mol. The van der Waals surface area contributed by atoms with Crippen molar-refractivity contribution in [3.63, 3.8) is 0 Å². The summed E-state index contributed by atoms with van der Waals surface area (Å²) in [7, 11) is 0. The Hall–Kier alpha value is -3.34. The zero-order valence-corrected chi connectivity index (χ0v) is 18.6. The summed E-state index contributed by atoms with van der Waals surface area (Å²) in [5, 5.41) is 11.4. The minimum Gasteiger partial charge on any atom is -0.368 e. The Bertz CT molecular complexity index is 1020. The van der Waals surface area contributed by atoms with Crippen molar-refractivity contribution in [2.75, 3.05) is 68.7 Å². The van der Waals surface area contributed by atoms with Gasteiger partial charge in [0.25, 0.3) is 5.69 Å². The van der Waals surface area contributed by atoms with Crippen LogP contribution in [0.25, 0.3) is 0 Å². The van der Waals surface area contributed by atoms with E-state index in [1.54, 1.807) is 4.90 Å². The lowest BCUT2D eigenvalue weighted by atomic mass is 10.1. The molecule has 34 heavy (non-hydrogen) atoms. The Balaban J connectivity index is 1.30. The van der Waals surface area contributed by atoms with E-state index in [0.717, 1.165) is 30.9 Å². The molecule has 0 aromatic heterocycles. The summed E-state index contributed by atoms with van der Waals surface area (Å²) >= 11 is 0. The maximum Gasteiger partial charge on any atom is 0.416 e. The van der Waals surface area contributed by atoms with E-state index in [0.29, 0.717) is 45.3 Å². The van der Waals surface area contributed by atoms with Gasteiger partial charge in [-0.15, -0.1) is 0 Å². The highest BCUT2D eigenvalue weighted by Gasteiger charge is 2.34. The van der Waals surface area contributed by atoms with Gasteiger partial charge in [0, 0.05) is 64.1 Å². The first-order chi connectivity index (χ1) is 16.2. The Labute approximate surface area is 195 Å². The van der Waals surface area contributed by atoms with Gasteiger partial charge in [-0.25, -0.2) is 0 Å². The van der Waals surface area contributed by atoms with Crippen molar-refractivity contribution in [3.05, 3.63) is 64.2 Å². The lowest BCUT2D eigenvalue weighted by Crippen LogP contribution is -2.54. The van der Waals surface area contributed by atoms with Crippen LogP contribution in [0.4, 0.5) is 30.2 Å². The number of halogens is 3. The van der Waals surface area contributed by atoms with Crippen molar-refractivity contribution in [2.45, 2.75) is 6.18 Å². The number of alkyl halides is 3. The maximum absolute atomic E-state index is 13.0. The predicted octanol–water partition coefficient (Wildman–Crippen LogP) is 3.08. The summed E-state index contributed by atoms with van der Waals surface area (Å²) in [6, 6.07) is 12.7. The zero-order valence-electron chi connectivity index (χ0n) is 18.6. The number of nitro benzene ring substituents is 1. The average Bonchev–Trinajstić information content (AvgIpc) is 2.84. The van der Waals surface area contributed by atoms with Crippen molar-refractivity contribution >= 4 is 23.0 Å². The number of rotatable bonds is 5. The fraction of sp³-hybridized carbons (Fsp3) is 0.435. The number of piperazine rings is 2. The van der Waals surface area contributed by atoms with Crippen LogP contribution in [0.1, 0.15) is 5.56 Å². The van der Waals surface area contributed by atoms with Crippen LogP contribution in [-0.2, 0) is 11.0 Å². The number of hydrogen-bond donors (Lipinski definition) is 0. The van der Waals surface area contributed by atoms with E-state index < -0.39 is 22.4 Å². The number of carbonyl (C=O) groups is 1. The van der Waals surface area contributed by atoms with Gasteiger partial charge in [0.1, 0.15) is 5.69 Å². The normalized spacial score (nSPS) is 17.7.